The van der Waals surface area contributed by atoms with Crippen molar-refractivity contribution in [2.45, 2.75) is 25.7 Å². The average molecular weight is 417 g/mol. The van der Waals surface area contributed by atoms with Crippen LogP contribution in [0.3, 0.4) is 0 Å². The summed E-state index contributed by atoms with van der Waals surface area (Å²) in [6, 6.07) is 10.0. The van der Waals surface area contributed by atoms with Gasteiger partial charge in [0.05, 0.1) is 12.1 Å². The van der Waals surface area contributed by atoms with E-state index in [-0.39, 0.29) is 0 Å². The van der Waals surface area contributed by atoms with Crippen LogP contribution in [-0.2, 0) is 0 Å². The van der Waals surface area contributed by atoms with E-state index < -0.39 is 0 Å². The van der Waals surface area contributed by atoms with E-state index in [0.717, 1.165) is 42.2 Å². The van der Waals surface area contributed by atoms with E-state index >= 15 is 0 Å². The maximum Gasteiger partial charge on any atom is 0.219 e. The average Bonchev–Trinajstić information content (AvgIpc) is 3.45. The number of rotatable bonds is 7. The summed E-state index contributed by atoms with van der Waals surface area (Å²) in [5.74, 6) is 4.42. The highest BCUT2D eigenvalue weighted by Crippen LogP contribution is 2.30. The normalized spacial score (nSPS) is 16.4. The van der Waals surface area contributed by atoms with Gasteiger partial charge in [0, 0.05) is 38.6 Å². The lowest BCUT2D eigenvalue weighted by Gasteiger charge is -2.17. The highest BCUT2D eigenvalue weighted by atomic mass is 16.5. The molecule has 0 unspecified atom stereocenters. The van der Waals surface area contributed by atoms with Crippen LogP contribution in [0.2, 0.25) is 0 Å². The van der Waals surface area contributed by atoms with Crippen molar-refractivity contribution in [1.82, 2.24) is 19.9 Å². The quantitative estimate of drug-likeness (QED) is 0.576. The Hall–Kier alpha value is -3.22. The van der Waals surface area contributed by atoms with Crippen molar-refractivity contribution in [3.8, 4) is 5.88 Å². The Morgan fingerprint density at radius 3 is 2.48 bits per heavy atom. The van der Waals surface area contributed by atoms with Crippen molar-refractivity contribution in [2.75, 3.05) is 43.6 Å². The highest BCUT2D eigenvalue weighted by Gasteiger charge is 2.23. The Bertz CT molecular complexity index is 1100. The van der Waals surface area contributed by atoms with E-state index in [2.05, 4.69) is 9.88 Å². The molecule has 7 nitrogen and oxygen atoms in total. The van der Waals surface area contributed by atoms with Crippen LogP contribution in [0.4, 0.5) is 11.6 Å². The number of ether oxygens (including phenoxy) is 1. The van der Waals surface area contributed by atoms with Gasteiger partial charge in [-0.15, -0.1) is 0 Å². The lowest BCUT2D eigenvalue weighted by Crippen LogP contribution is -2.19. The second-order valence-electron chi connectivity index (χ2n) is 8.52. The fourth-order valence-corrected chi connectivity index (χ4v) is 3.82. The maximum atomic E-state index is 5.98. The van der Waals surface area contributed by atoms with Gasteiger partial charge < -0.3 is 14.5 Å². The SMILES string of the molecule is CN(C)c1nc(/C=C/c2nc(OCC3CC3)cc(N3CCCC3)n2)nc2ccccc12. The van der Waals surface area contributed by atoms with Crippen LogP contribution in [0, 0.1) is 5.92 Å². The van der Waals surface area contributed by atoms with Crippen LogP contribution in [0.15, 0.2) is 30.3 Å². The topological polar surface area (TPSA) is 67.3 Å². The Morgan fingerprint density at radius 1 is 1.00 bits per heavy atom. The molecule has 7 heteroatoms. The Balaban J connectivity index is 1.46. The van der Waals surface area contributed by atoms with Gasteiger partial charge in [0.2, 0.25) is 5.88 Å². The molecule has 0 N–H and O–H groups in total. The fourth-order valence-electron chi connectivity index (χ4n) is 3.82. The number of hydrogen-bond donors (Lipinski definition) is 0. The first-order valence-electron chi connectivity index (χ1n) is 11.0. The molecule has 2 aliphatic rings. The standard InChI is InChI=1S/C24H28N6O/c1-29(2)24-18-7-3-4-8-19(18)25-20(28-24)11-12-21-26-22(30-13-5-6-14-30)15-23(27-21)31-16-17-9-10-17/h3-4,7-8,11-12,15,17H,5-6,9-10,13-14,16H2,1-2H3/b12-11+. The van der Waals surface area contributed by atoms with E-state index in [4.69, 9.17) is 19.7 Å². The van der Waals surface area contributed by atoms with Crippen LogP contribution in [0.25, 0.3) is 23.1 Å². The van der Waals surface area contributed by atoms with Gasteiger partial charge in [0.15, 0.2) is 11.6 Å². The predicted octanol–water partition coefficient (Wildman–Crippen LogP) is 4.05. The highest BCUT2D eigenvalue weighted by molar-refractivity contribution is 5.90. The second-order valence-corrected chi connectivity index (χ2v) is 8.52. The van der Waals surface area contributed by atoms with E-state index in [1.165, 1.54) is 25.7 Å². The monoisotopic (exact) mass is 416 g/mol. The van der Waals surface area contributed by atoms with Gasteiger partial charge >= 0.3 is 0 Å². The molecular formula is C24H28N6O. The summed E-state index contributed by atoms with van der Waals surface area (Å²) >= 11 is 0. The largest absolute Gasteiger partial charge is 0.477 e. The van der Waals surface area contributed by atoms with E-state index in [1.54, 1.807) is 0 Å². The second kappa shape index (κ2) is 8.49. The Labute approximate surface area is 182 Å². The zero-order valence-corrected chi connectivity index (χ0v) is 18.2. The molecule has 3 heterocycles. The Kier molecular flexibility index (Phi) is 5.40. The van der Waals surface area contributed by atoms with Gasteiger partial charge in [-0.2, -0.15) is 4.98 Å². The number of aromatic nitrogens is 4. The summed E-state index contributed by atoms with van der Waals surface area (Å²) < 4.78 is 5.98. The molecule has 0 spiro atoms. The fraction of sp³-hybridized carbons (Fsp3) is 0.417. The summed E-state index contributed by atoms with van der Waals surface area (Å²) in [6.07, 6.45) is 8.67. The van der Waals surface area contributed by atoms with Crippen molar-refractivity contribution < 1.29 is 4.74 Å². The number of benzene rings is 1. The van der Waals surface area contributed by atoms with Gasteiger partial charge in [0.25, 0.3) is 0 Å². The molecular weight excluding hydrogens is 388 g/mol. The van der Waals surface area contributed by atoms with Gasteiger partial charge in [-0.25, -0.2) is 15.0 Å². The van der Waals surface area contributed by atoms with Crippen LogP contribution in [-0.4, -0.2) is 53.7 Å². The molecule has 0 bridgehead atoms. The first kappa shape index (κ1) is 19.7. The van der Waals surface area contributed by atoms with Crippen LogP contribution < -0.4 is 14.5 Å². The van der Waals surface area contributed by atoms with E-state index in [0.29, 0.717) is 23.4 Å². The van der Waals surface area contributed by atoms with Crippen LogP contribution >= 0.6 is 0 Å². The van der Waals surface area contributed by atoms with Crippen molar-refractivity contribution in [3.05, 3.63) is 42.0 Å². The van der Waals surface area contributed by atoms with Crippen molar-refractivity contribution in [1.29, 1.82) is 0 Å². The van der Waals surface area contributed by atoms with Crippen molar-refractivity contribution in [2.24, 2.45) is 5.92 Å². The lowest BCUT2D eigenvalue weighted by molar-refractivity contribution is 0.288. The molecule has 1 saturated heterocycles. The third kappa shape index (κ3) is 4.60. The maximum absolute atomic E-state index is 5.98. The third-order valence-corrected chi connectivity index (χ3v) is 5.71. The first-order valence-corrected chi connectivity index (χ1v) is 11.0. The minimum absolute atomic E-state index is 0.623. The molecule has 1 aliphatic carbocycles. The molecule has 0 atom stereocenters. The van der Waals surface area contributed by atoms with Gasteiger partial charge in [-0.3, -0.25) is 0 Å². The number of fused-ring (bicyclic) bond motifs is 1. The van der Waals surface area contributed by atoms with Crippen LogP contribution in [0.5, 0.6) is 5.88 Å². The molecule has 2 aromatic heterocycles. The zero-order valence-electron chi connectivity index (χ0n) is 18.2. The first-order chi connectivity index (χ1) is 15.2. The molecule has 31 heavy (non-hydrogen) atoms. The van der Waals surface area contributed by atoms with E-state index in [9.17, 15) is 0 Å². The van der Waals surface area contributed by atoms with Crippen molar-refractivity contribution in [3.63, 3.8) is 0 Å². The molecule has 5 rings (SSSR count). The predicted molar refractivity (Wildman–Crippen MR) is 124 cm³/mol. The molecule has 2 fully saturated rings. The van der Waals surface area contributed by atoms with Gasteiger partial charge in [-0.1, -0.05) is 12.1 Å². The molecule has 3 aromatic rings. The number of nitrogens with zero attached hydrogens (tertiary/aromatic N) is 6. The number of para-hydroxylation sites is 1. The minimum atomic E-state index is 0.623. The lowest BCUT2D eigenvalue weighted by atomic mass is 10.2. The summed E-state index contributed by atoms with van der Waals surface area (Å²) in [4.78, 5) is 23.2. The zero-order chi connectivity index (χ0) is 21.2. The summed E-state index contributed by atoms with van der Waals surface area (Å²) in [6.45, 7) is 2.80. The summed E-state index contributed by atoms with van der Waals surface area (Å²) in [5.41, 5.74) is 0.918. The molecule has 1 aromatic carbocycles. The van der Waals surface area contributed by atoms with Gasteiger partial charge in [0.1, 0.15) is 11.6 Å². The van der Waals surface area contributed by atoms with Crippen LogP contribution in [0.1, 0.15) is 37.3 Å². The minimum Gasteiger partial charge on any atom is -0.477 e. The molecule has 160 valence electrons. The molecule has 1 saturated carbocycles. The summed E-state index contributed by atoms with van der Waals surface area (Å²) in [5, 5.41) is 1.03. The number of hydrogen-bond acceptors (Lipinski definition) is 7. The number of anilines is 2. The molecule has 1 aliphatic heterocycles. The van der Waals surface area contributed by atoms with Gasteiger partial charge in [-0.05, 0) is 55.9 Å². The molecule has 0 amide bonds. The Morgan fingerprint density at radius 2 is 1.74 bits per heavy atom. The van der Waals surface area contributed by atoms with Crippen molar-refractivity contribution >= 4 is 34.7 Å². The third-order valence-electron chi connectivity index (χ3n) is 5.71. The van der Waals surface area contributed by atoms with E-state index in [1.807, 2.05) is 61.5 Å². The summed E-state index contributed by atoms with van der Waals surface area (Å²) in [7, 11) is 3.99. The molecule has 0 radical (unpaired) electrons. The smallest absolute Gasteiger partial charge is 0.219 e.